The third-order valence-corrected chi connectivity index (χ3v) is 5.27. The number of anilines is 1. The summed E-state index contributed by atoms with van der Waals surface area (Å²) in [5.41, 5.74) is 10.8. The summed E-state index contributed by atoms with van der Waals surface area (Å²) in [4.78, 5) is 55.9. The van der Waals surface area contributed by atoms with Crippen molar-refractivity contribution in [2.24, 2.45) is 5.73 Å². The Labute approximate surface area is 194 Å². The second kappa shape index (κ2) is 10.6. The molecule has 1 saturated heterocycles. The number of aliphatic carboxylic acids is 1. The highest BCUT2D eigenvalue weighted by Crippen LogP contribution is 2.38. The first kappa shape index (κ1) is 26.4. The first-order valence-electron chi connectivity index (χ1n) is 9.77. The molecule has 0 amide bonds. The number of carboxylic acid groups (broad SMARTS) is 1. The number of aromatic nitrogens is 6. The van der Waals surface area contributed by atoms with E-state index in [1.54, 1.807) is 6.20 Å². The van der Waals surface area contributed by atoms with Crippen molar-refractivity contribution in [3.05, 3.63) is 34.9 Å². The van der Waals surface area contributed by atoms with Gasteiger partial charge in [0.15, 0.2) is 17.4 Å². The Kier molecular flexibility index (Phi) is 7.98. The van der Waals surface area contributed by atoms with Crippen molar-refractivity contribution in [2.75, 3.05) is 12.3 Å². The van der Waals surface area contributed by atoms with Crippen LogP contribution in [0.1, 0.15) is 11.9 Å². The molecule has 19 heteroatoms. The molecule has 0 spiro atoms. The molecular formula is C16H23N8O10P. The maximum absolute atomic E-state index is 11.7. The van der Waals surface area contributed by atoms with Gasteiger partial charge in [0.25, 0.3) is 5.56 Å². The van der Waals surface area contributed by atoms with Gasteiger partial charge in [-0.2, -0.15) is 4.98 Å². The zero-order chi connectivity index (χ0) is 25.9. The fourth-order valence-electron chi connectivity index (χ4n) is 3.12. The number of carboxylic acids is 1. The third kappa shape index (κ3) is 6.47. The van der Waals surface area contributed by atoms with Crippen LogP contribution < -0.4 is 17.0 Å². The predicted octanol–water partition coefficient (Wildman–Crippen LogP) is -3.21. The maximum atomic E-state index is 11.7. The van der Waals surface area contributed by atoms with Crippen molar-refractivity contribution >= 4 is 30.9 Å². The second-order valence-electron chi connectivity index (χ2n) is 7.33. The third-order valence-electron chi connectivity index (χ3n) is 4.78. The normalized spacial score (nSPS) is 23.1. The smallest absolute Gasteiger partial charge is 0.469 e. The maximum Gasteiger partial charge on any atom is 0.469 e. The Morgan fingerprint density at radius 1 is 1.34 bits per heavy atom. The van der Waals surface area contributed by atoms with Crippen LogP contribution in [-0.2, 0) is 25.0 Å². The van der Waals surface area contributed by atoms with Gasteiger partial charge in [-0.05, 0) is 0 Å². The van der Waals surface area contributed by atoms with E-state index in [1.807, 2.05) is 0 Å². The summed E-state index contributed by atoms with van der Waals surface area (Å²) in [7, 11) is -4.76. The van der Waals surface area contributed by atoms with Crippen LogP contribution in [0.4, 0.5) is 5.95 Å². The number of ether oxygens (including phenoxy) is 1. The standard InChI is InChI=1S/C10H14N5O8P.C6H9N3O2/c11-10-13-7-4(8(18)14-10)12-2-15(7)9-6(17)5(16)3(23-9)1-22-24(19,20)21;7-5(6(10)11)1-4-2-8-3-9-4/h2-3,5-6,9,16-17H,1H2,(H2,19,20,21)(H3,11,13,14,18);2-3,5H,1,7H2,(H,8,9)(H,10,11)/t3-,5-,6-,9-;5-/m10/s1. The monoisotopic (exact) mass is 518 g/mol. The average molecular weight is 518 g/mol. The lowest BCUT2D eigenvalue weighted by molar-refractivity contribution is -0.138. The molecule has 1 aliphatic rings. The molecule has 0 bridgehead atoms. The number of fused-ring (bicyclic) bond motifs is 1. The first-order chi connectivity index (χ1) is 16.4. The van der Waals surface area contributed by atoms with Gasteiger partial charge in [0.2, 0.25) is 5.95 Å². The van der Waals surface area contributed by atoms with Crippen LogP contribution in [-0.4, -0.2) is 91.5 Å². The number of nitrogens with two attached hydrogens (primary N) is 2. The van der Waals surface area contributed by atoms with Gasteiger partial charge >= 0.3 is 13.8 Å². The van der Waals surface area contributed by atoms with E-state index in [-0.39, 0.29) is 23.5 Å². The van der Waals surface area contributed by atoms with Crippen molar-refractivity contribution < 1.29 is 43.7 Å². The van der Waals surface area contributed by atoms with Crippen molar-refractivity contribution in [3.8, 4) is 0 Å². The van der Waals surface area contributed by atoms with Crippen LogP contribution in [0.2, 0.25) is 0 Å². The molecule has 18 nitrogen and oxygen atoms in total. The zero-order valence-corrected chi connectivity index (χ0v) is 18.6. The molecule has 35 heavy (non-hydrogen) atoms. The van der Waals surface area contributed by atoms with E-state index in [1.165, 1.54) is 17.2 Å². The number of H-pyrrole nitrogens is 2. The topological polar surface area (TPSA) is 298 Å². The van der Waals surface area contributed by atoms with Gasteiger partial charge in [0, 0.05) is 18.3 Å². The molecule has 3 aromatic heterocycles. The lowest BCUT2D eigenvalue weighted by Crippen LogP contribution is -2.33. The summed E-state index contributed by atoms with van der Waals surface area (Å²) in [5, 5.41) is 28.5. The molecule has 0 radical (unpaired) electrons. The summed E-state index contributed by atoms with van der Waals surface area (Å²) in [6.45, 7) is -0.651. The van der Waals surface area contributed by atoms with Gasteiger partial charge in [0.05, 0.1) is 19.3 Å². The highest BCUT2D eigenvalue weighted by atomic mass is 31.2. The summed E-state index contributed by atoms with van der Waals surface area (Å²) < 4.78 is 21.6. The van der Waals surface area contributed by atoms with Gasteiger partial charge in [-0.3, -0.25) is 23.7 Å². The largest absolute Gasteiger partial charge is 0.480 e. The number of aliphatic hydroxyl groups excluding tert-OH is 2. The van der Waals surface area contributed by atoms with E-state index < -0.39 is 56.5 Å². The summed E-state index contributed by atoms with van der Waals surface area (Å²) in [5.74, 6) is -1.18. The van der Waals surface area contributed by atoms with Crippen molar-refractivity contribution in [1.29, 1.82) is 0 Å². The number of nitrogen functional groups attached to an aromatic ring is 1. The van der Waals surface area contributed by atoms with Gasteiger partial charge < -0.3 is 46.3 Å². The van der Waals surface area contributed by atoms with Gasteiger partial charge in [-0.25, -0.2) is 14.5 Å². The van der Waals surface area contributed by atoms with Crippen molar-refractivity contribution in [2.45, 2.75) is 37.0 Å². The van der Waals surface area contributed by atoms with Gasteiger partial charge in [-0.15, -0.1) is 0 Å². The molecule has 0 saturated carbocycles. The molecule has 0 aromatic carbocycles. The van der Waals surface area contributed by atoms with E-state index in [2.05, 4.69) is 29.4 Å². The number of phosphoric acid groups is 1. The lowest BCUT2D eigenvalue weighted by atomic mass is 10.1. The highest BCUT2D eigenvalue weighted by molar-refractivity contribution is 7.46. The fourth-order valence-corrected chi connectivity index (χ4v) is 3.46. The molecule has 4 rings (SSSR count). The van der Waals surface area contributed by atoms with E-state index in [9.17, 15) is 24.4 Å². The Morgan fingerprint density at radius 3 is 2.66 bits per heavy atom. The molecule has 192 valence electrons. The number of carbonyl (C=O) groups is 1. The molecule has 3 aromatic rings. The fraction of sp³-hybridized carbons (Fsp3) is 0.438. The molecule has 4 heterocycles. The summed E-state index contributed by atoms with van der Waals surface area (Å²) in [6, 6.07) is -0.851. The molecule has 1 aliphatic heterocycles. The van der Waals surface area contributed by atoms with E-state index in [4.69, 9.17) is 31.1 Å². The minimum atomic E-state index is -4.76. The van der Waals surface area contributed by atoms with E-state index >= 15 is 0 Å². The first-order valence-corrected chi connectivity index (χ1v) is 11.3. The van der Waals surface area contributed by atoms with Crippen LogP contribution >= 0.6 is 7.82 Å². The predicted molar refractivity (Wildman–Crippen MR) is 114 cm³/mol. The number of aliphatic hydroxyl groups is 2. The van der Waals surface area contributed by atoms with Crippen molar-refractivity contribution in [3.63, 3.8) is 0 Å². The minimum Gasteiger partial charge on any atom is -0.480 e. The van der Waals surface area contributed by atoms with Crippen LogP contribution in [0.25, 0.3) is 11.2 Å². The summed E-state index contributed by atoms with van der Waals surface area (Å²) >= 11 is 0. The molecule has 11 N–H and O–H groups in total. The summed E-state index contributed by atoms with van der Waals surface area (Å²) in [6.07, 6.45) is -0.881. The number of nitrogens with one attached hydrogen (secondary N) is 2. The van der Waals surface area contributed by atoms with Crippen LogP contribution in [0.5, 0.6) is 0 Å². The van der Waals surface area contributed by atoms with Gasteiger partial charge in [-0.1, -0.05) is 0 Å². The number of hydrogen-bond acceptors (Lipinski definition) is 12. The number of hydrogen-bond donors (Lipinski definition) is 9. The number of phosphoric ester groups is 1. The van der Waals surface area contributed by atoms with Crippen LogP contribution in [0, 0.1) is 0 Å². The molecule has 5 atom stereocenters. The number of imidazole rings is 2. The van der Waals surface area contributed by atoms with E-state index in [0.29, 0.717) is 0 Å². The van der Waals surface area contributed by atoms with Crippen LogP contribution in [0.3, 0.4) is 0 Å². The molecule has 1 fully saturated rings. The Hall–Kier alpha value is -3.22. The highest BCUT2D eigenvalue weighted by Gasteiger charge is 2.45. The molecule has 0 aliphatic carbocycles. The molecule has 0 unspecified atom stereocenters. The van der Waals surface area contributed by atoms with E-state index in [0.717, 1.165) is 5.69 Å². The van der Waals surface area contributed by atoms with Crippen LogP contribution in [0.15, 0.2) is 23.6 Å². The lowest BCUT2D eigenvalue weighted by Gasteiger charge is -2.16. The minimum absolute atomic E-state index is 0.0176. The average Bonchev–Trinajstić information content (AvgIpc) is 3.48. The van der Waals surface area contributed by atoms with Gasteiger partial charge in [0.1, 0.15) is 24.4 Å². The second-order valence-corrected chi connectivity index (χ2v) is 8.57. The molecular weight excluding hydrogens is 495 g/mol. The van der Waals surface area contributed by atoms with Crippen molar-refractivity contribution in [1.82, 2.24) is 29.5 Å². The Morgan fingerprint density at radius 2 is 2.06 bits per heavy atom. The Bertz CT molecular complexity index is 1260. The zero-order valence-electron chi connectivity index (χ0n) is 17.7. The number of nitrogens with zero attached hydrogens (tertiary/aromatic N) is 4. The number of rotatable bonds is 7. The SMILES string of the molecule is N[C@@H](Cc1cnc[nH]1)C(=O)O.Nc1nc2c(ncn2[C@@H]2O[C@H](COP(=O)(O)O)[C@@H](O)[C@H]2O)c(=O)[nH]1. The Balaban J connectivity index is 0.000000261. The number of aromatic amines is 2. The quantitative estimate of drug-likeness (QED) is 0.139.